The monoisotopic (exact) mass is 298 g/mol. The van der Waals surface area contributed by atoms with Gasteiger partial charge in [0.1, 0.15) is 16.9 Å². The Labute approximate surface area is 124 Å². The van der Waals surface area contributed by atoms with Crippen molar-refractivity contribution in [3.63, 3.8) is 0 Å². The Morgan fingerprint density at radius 2 is 2.19 bits per heavy atom. The Balaban J connectivity index is 1.89. The van der Waals surface area contributed by atoms with Crippen molar-refractivity contribution in [2.75, 3.05) is 5.84 Å². The number of nitrogens with zero attached hydrogens (tertiary/aromatic N) is 5. The number of nitrogen functional groups attached to an aromatic ring is 1. The summed E-state index contributed by atoms with van der Waals surface area (Å²) < 4.78 is 6.63. The molecule has 3 aromatic heterocycles. The number of aryl methyl sites for hydroxylation is 1. The van der Waals surface area contributed by atoms with Crippen molar-refractivity contribution in [1.29, 1.82) is 5.26 Å². The summed E-state index contributed by atoms with van der Waals surface area (Å²) in [5.74, 6) is 7.27. The molecule has 0 unspecified atom stereocenters. The van der Waals surface area contributed by atoms with Gasteiger partial charge in [-0.15, -0.1) is 10.2 Å². The van der Waals surface area contributed by atoms with Gasteiger partial charge in [0, 0.05) is 6.20 Å². The minimum absolute atomic E-state index is 0.503. The average molecular weight is 298 g/mol. The van der Waals surface area contributed by atoms with Gasteiger partial charge in [0.05, 0.1) is 17.4 Å². The van der Waals surface area contributed by atoms with Crippen LogP contribution in [0.25, 0.3) is 11.4 Å². The first-order chi connectivity index (χ1) is 10.2. The third-order valence-corrected chi connectivity index (χ3v) is 3.74. The molecule has 0 atom stereocenters. The van der Waals surface area contributed by atoms with E-state index in [1.807, 2.05) is 13.0 Å². The molecule has 0 saturated carbocycles. The normalized spacial score (nSPS) is 10.5. The molecule has 0 aromatic carbocycles. The molecule has 0 aliphatic heterocycles. The molecule has 0 aliphatic rings. The summed E-state index contributed by atoms with van der Waals surface area (Å²) >= 11 is 1.27. The van der Waals surface area contributed by atoms with Crippen molar-refractivity contribution in [2.45, 2.75) is 17.1 Å². The third kappa shape index (κ3) is 2.46. The van der Waals surface area contributed by atoms with Gasteiger partial charge in [-0.3, -0.25) is 0 Å². The van der Waals surface area contributed by atoms with Gasteiger partial charge >= 0.3 is 0 Å². The lowest BCUT2D eigenvalue weighted by Gasteiger charge is -2.02. The van der Waals surface area contributed by atoms with Crippen LogP contribution in [-0.4, -0.2) is 19.9 Å². The largest absolute Gasteiger partial charge is 0.469 e. The van der Waals surface area contributed by atoms with Crippen LogP contribution in [0.3, 0.4) is 0 Å². The summed E-state index contributed by atoms with van der Waals surface area (Å²) in [6.07, 6.45) is 3.08. The van der Waals surface area contributed by atoms with E-state index in [2.05, 4.69) is 15.2 Å². The lowest BCUT2D eigenvalue weighted by Crippen LogP contribution is -2.11. The minimum Gasteiger partial charge on any atom is -0.469 e. The van der Waals surface area contributed by atoms with E-state index >= 15 is 0 Å². The molecule has 3 heterocycles. The first-order valence-electron chi connectivity index (χ1n) is 5.98. The summed E-state index contributed by atoms with van der Waals surface area (Å²) in [6, 6.07) is 7.23. The van der Waals surface area contributed by atoms with Crippen LogP contribution in [-0.2, 0) is 0 Å². The van der Waals surface area contributed by atoms with Crippen molar-refractivity contribution in [3.05, 3.63) is 42.0 Å². The number of aromatic nitrogens is 4. The fraction of sp³-hybridized carbons (Fsp3) is 0.0769. The molecule has 104 valence electrons. The Morgan fingerprint density at radius 1 is 1.33 bits per heavy atom. The highest BCUT2D eigenvalue weighted by Crippen LogP contribution is 2.28. The Hall–Kier alpha value is -2.79. The quantitative estimate of drug-likeness (QED) is 0.737. The van der Waals surface area contributed by atoms with E-state index in [-0.39, 0.29) is 0 Å². The molecule has 0 amide bonds. The first kappa shape index (κ1) is 13.2. The molecular weight excluding hydrogens is 288 g/mol. The molecule has 0 bridgehead atoms. The summed E-state index contributed by atoms with van der Waals surface area (Å²) in [7, 11) is 0. The fourth-order valence-corrected chi connectivity index (χ4v) is 2.44. The van der Waals surface area contributed by atoms with Crippen LogP contribution >= 0.6 is 11.8 Å². The molecule has 0 spiro atoms. The van der Waals surface area contributed by atoms with Gasteiger partial charge in [0.25, 0.3) is 0 Å². The van der Waals surface area contributed by atoms with Gasteiger partial charge in [-0.25, -0.2) is 9.66 Å². The van der Waals surface area contributed by atoms with Gasteiger partial charge < -0.3 is 10.3 Å². The predicted molar refractivity (Wildman–Crippen MR) is 75.7 cm³/mol. The molecule has 0 fully saturated rings. The first-order valence-corrected chi connectivity index (χ1v) is 6.79. The Kier molecular flexibility index (Phi) is 3.33. The van der Waals surface area contributed by atoms with Crippen molar-refractivity contribution in [1.82, 2.24) is 19.9 Å². The zero-order valence-corrected chi connectivity index (χ0v) is 11.8. The molecule has 2 N–H and O–H groups in total. The number of hydrogen-bond donors (Lipinski definition) is 1. The van der Waals surface area contributed by atoms with Crippen molar-refractivity contribution in [3.8, 4) is 17.5 Å². The highest BCUT2D eigenvalue weighted by Gasteiger charge is 2.16. The maximum absolute atomic E-state index is 8.75. The van der Waals surface area contributed by atoms with Crippen molar-refractivity contribution >= 4 is 11.8 Å². The smallest absolute Gasteiger partial charge is 0.216 e. The highest BCUT2D eigenvalue weighted by atomic mass is 32.2. The highest BCUT2D eigenvalue weighted by molar-refractivity contribution is 7.99. The Morgan fingerprint density at radius 3 is 2.81 bits per heavy atom. The van der Waals surface area contributed by atoms with E-state index in [0.29, 0.717) is 21.6 Å². The second-order valence-corrected chi connectivity index (χ2v) is 5.15. The number of nitrogens with two attached hydrogens (primary N) is 1. The van der Waals surface area contributed by atoms with Crippen molar-refractivity contribution in [2.24, 2.45) is 0 Å². The van der Waals surface area contributed by atoms with Crippen LogP contribution in [0.1, 0.15) is 11.3 Å². The molecule has 3 rings (SSSR count). The topological polar surface area (TPSA) is 107 Å². The molecule has 7 nitrogen and oxygen atoms in total. The van der Waals surface area contributed by atoms with Crippen molar-refractivity contribution < 1.29 is 4.42 Å². The van der Waals surface area contributed by atoms with Gasteiger partial charge in [-0.1, -0.05) is 0 Å². The van der Waals surface area contributed by atoms with E-state index < -0.39 is 0 Å². The van der Waals surface area contributed by atoms with E-state index in [9.17, 15) is 0 Å². The molecule has 8 heteroatoms. The molecule has 0 aliphatic carbocycles. The summed E-state index contributed by atoms with van der Waals surface area (Å²) in [4.78, 5) is 4.16. The summed E-state index contributed by atoms with van der Waals surface area (Å²) in [5.41, 5.74) is 1.30. The van der Waals surface area contributed by atoms with Crippen LogP contribution in [0.5, 0.6) is 0 Å². The second kappa shape index (κ2) is 5.30. The number of hydrogen-bond acceptors (Lipinski definition) is 7. The van der Waals surface area contributed by atoms with E-state index in [4.69, 9.17) is 15.5 Å². The summed E-state index contributed by atoms with van der Waals surface area (Å²) in [6.45, 7) is 1.83. The van der Waals surface area contributed by atoms with E-state index in [0.717, 1.165) is 11.3 Å². The maximum atomic E-state index is 8.75. The molecular formula is C13H10N6OS. The number of rotatable bonds is 3. The van der Waals surface area contributed by atoms with Gasteiger partial charge in [-0.05, 0) is 36.9 Å². The maximum Gasteiger partial charge on any atom is 0.216 e. The minimum atomic E-state index is 0.503. The second-order valence-electron chi connectivity index (χ2n) is 4.17. The fourth-order valence-electron chi connectivity index (χ4n) is 1.75. The third-order valence-electron chi connectivity index (χ3n) is 2.83. The SMILES string of the molecule is Cc1occc1-c1nnc(Sc2ccc(C#N)cn2)n1N. The number of pyridine rings is 1. The van der Waals surface area contributed by atoms with Gasteiger partial charge in [-0.2, -0.15) is 5.26 Å². The van der Waals surface area contributed by atoms with Crippen LogP contribution in [0.2, 0.25) is 0 Å². The standard InChI is InChI=1S/C13H10N6OS/c1-8-10(4-5-20-8)12-17-18-13(19(12)15)21-11-3-2-9(6-14)7-16-11/h2-5,7H,15H2,1H3. The van der Waals surface area contributed by atoms with E-state index in [1.165, 1.54) is 22.6 Å². The molecule has 0 radical (unpaired) electrons. The van der Waals surface area contributed by atoms with Gasteiger partial charge in [0.2, 0.25) is 5.16 Å². The van der Waals surface area contributed by atoms with Gasteiger partial charge in [0.15, 0.2) is 5.82 Å². The van der Waals surface area contributed by atoms with Crippen LogP contribution in [0.4, 0.5) is 0 Å². The zero-order chi connectivity index (χ0) is 14.8. The van der Waals surface area contributed by atoms with Crippen LogP contribution in [0.15, 0.2) is 45.3 Å². The molecule has 3 aromatic rings. The van der Waals surface area contributed by atoms with Crippen LogP contribution in [0, 0.1) is 18.3 Å². The van der Waals surface area contributed by atoms with E-state index in [1.54, 1.807) is 24.5 Å². The zero-order valence-electron chi connectivity index (χ0n) is 11.0. The number of nitriles is 1. The lowest BCUT2D eigenvalue weighted by molar-refractivity contribution is 0.535. The molecule has 0 saturated heterocycles. The average Bonchev–Trinajstić information content (AvgIpc) is 3.07. The predicted octanol–water partition coefficient (Wildman–Crippen LogP) is 1.98. The lowest BCUT2D eigenvalue weighted by atomic mass is 10.2. The summed E-state index contributed by atoms with van der Waals surface area (Å²) in [5, 5.41) is 18.1. The number of furan rings is 1. The molecule has 21 heavy (non-hydrogen) atoms. The van der Waals surface area contributed by atoms with Crippen LogP contribution < -0.4 is 5.84 Å². The Bertz CT molecular complexity index is 814.